The molecule has 0 atom stereocenters. The first-order valence-corrected chi connectivity index (χ1v) is 7.43. The number of benzene rings is 1. The minimum Gasteiger partial charge on any atom is -0.382 e. The Morgan fingerprint density at radius 1 is 1.17 bits per heavy atom. The molecule has 0 spiro atoms. The average Bonchev–Trinajstić information content (AvgIpc) is 2.52. The number of nitrogens with one attached hydrogen (secondary N) is 1. The number of fused-ring (bicyclic) bond motifs is 1. The summed E-state index contributed by atoms with van der Waals surface area (Å²) in [6.45, 7) is 4.70. The molecule has 0 aliphatic carbocycles. The lowest BCUT2D eigenvalue weighted by atomic mass is 10.1. The molecule has 0 saturated carbocycles. The molecule has 0 aliphatic rings. The Morgan fingerprint density at radius 3 is 2.71 bits per heavy atom. The monoisotopic (exact) mass is 347 g/mol. The molecule has 0 saturated heterocycles. The second-order valence-electron chi connectivity index (χ2n) is 5.71. The van der Waals surface area contributed by atoms with Crippen LogP contribution in [0.1, 0.15) is 19.4 Å². The van der Waals surface area contributed by atoms with Crippen molar-refractivity contribution in [1.82, 2.24) is 20.3 Å². The standard InChI is InChI=1S/C17H18FN5.ClH/c1-10(2)20-8-11-5-12(7-13(18)6-11)14-3-4-15-16(23-14)17(19)22-9-21-15;/h3-7,9-10,20H,8H2,1-2H3,(H2,19,21,22);1H. The second-order valence-corrected chi connectivity index (χ2v) is 5.71. The van der Waals surface area contributed by atoms with E-state index in [4.69, 9.17) is 5.73 Å². The molecule has 3 N–H and O–H groups in total. The van der Waals surface area contributed by atoms with Gasteiger partial charge in [-0.05, 0) is 35.9 Å². The summed E-state index contributed by atoms with van der Waals surface area (Å²) in [4.78, 5) is 12.6. The van der Waals surface area contributed by atoms with Gasteiger partial charge < -0.3 is 11.1 Å². The van der Waals surface area contributed by atoms with E-state index < -0.39 is 0 Å². The van der Waals surface area contributed by atoms with E-state index in [2.05, 4.69) is 20.3 Å². The molecular formula is C17H19ClFN5. The lowest BCUT2D eigenvalue weighted by Gasteiger charge is -2.10. The number of hydrogen-bond acceptors (Lipinski definition) is 5. The highest BCUT2D eigenvalue weighted by atomic mass is 35.5. The van der Waals surface area contributed by atoms with Crippen molar-refractivity contribution >= 4 is 29.3 Å². The SMILES string of the molecule is CC(C)NCc1cc(F)cc(-c2ccc3ncnc(N)c3n2)c1.Cl. The Bertz CT molecular complexity index is 854. The summed E-state index contributed by atoms with van der Waals surface area (Å²) >= 11 is 0. The smallest absolute Gasteiger partial charge is 0.153 e. The third-order valence-electron chi connectivity index (χ3n) is 3.48. The average molecular weight is 348 g/mol. The number of halogens is 2. The fraction of sp³-hybridized carbons (Fsp3) is 0.235. The van der Waals surface area contributed by atoms with E-state index in [1.165, 1.54) is 18.5 Å². The first kappa shape index (κ1) is 18.0. The van der Waals surface area contributed by atoms with Gasteiger partial charge >= 0.3 is 0 Å². The van der Waals surface area contributed by atoms with Crippen molar-refractivity contribution in [2.75, 3.05) is 5.73 Å². The number of nitrogens with two attached hydrogens (primary N) is 1. The van der Waals surface area contributed by atoms with Crippen LogP contribution in [-0.2, 0) is 6.54 Å². The van der Waals surface area contributed by atoms with Gasteiger partial charge in [0.15, 0.2) is 5.82 Å². The van der Waals surface area contributed by atoms with Crippen LogP contribution < -0.4 is 11.1 Å². The van der Waals surface area contributed by atoms with E-state index in [0.29, 0.717) is 40.7 Å². The van der Waals surface area contributed by atoms with Crippen LogP contribution in [0.4, 0.5) is 10.2 Å². The fourth-order valence-electron chi connectivity index (χ4n) is 2.34. The van der Waals surface area contributed by atoms with Crippen LogP contribution in [0.15, 0.2) is 36.7 Å². The molecule has 3 rings (SSSR count). The minimum absolute atomic E-state index is 0. The van der Waals surface area contributed by atoms with Crippen LogP contribution in [0.3, 0.4) is 0 Å². The number of pyridine rings is 1. The highest BCUT2D eigenvalue weighted by molar-refractivity contribution is 5.86. The first-order chi connectivity index (χ1) is 11.0. The van der Waals surface area contributed by atoms with Crippen LogP contribution in [0, 0.1) is 5.82 Å². The largest absolute Gasteiger partial charge is 0.382 e. The highest BCUT2D eigenvalue weighted by Gasteiger charge is 2.08. The lowest BCUT2D eigenvalue weighted by molar-refractivity contribution is 0.581. The van der Waals surface area contributed by atoms with Crippen LogP contribution in [0.2, 0.25) is 0 Å². The molecular weight excluding hydrogens is 329 g/mol. The molecule has 0 aliphatic heterocycles. The van der Waals surface area contributed by atoms with Crippen molar-refractivity contribution in [3.05, 3.63) is 48.0 Å². The van der Waals surface area contributed by atoms with E-state index >= 15 is 0 Å². The van der Waals surface area contributed by atoms with Gasteiger partial charge in [0, 0.05) is 18.2 Å². The molecule has 126 valence electrons. The van der Waals surface area contributed by atoms with Gasteiger partial charge in [0.1, 0.15) is 17.7 Å². The maximum absolute atomic E-state index is 13.9. The number of hydrogen-bond donors (Lipinski definition) is 2. The van der Waals surface area contributed by atoms with Gasteiger partial charge in [-0.1, -0.05) is 13.8 Å². The zero-order chi connectivity index (χ0) is 16.4. The molecule has 5 nitrogen and oxygen atoms in total. The van der Waals surface area contributed by atoms with Crippen molar-refractivity contribution in [2.45, 2.75) is 26.4 Å². The van der Waals surface area contributed by atoms with Crippen molar-refractivity contribution in [1.29, 1.82) is 0 Å². The Morgan fingerprint density at radius 2 is 1.96 bits per heavy atom. The van der Waals surface area contributed by atoms with Gasteiger partial charge in [-0.25, -0.2) is 19.3 Å². The van der Waals surface area contributed by atoms with Crippen LogP contribution >= 0.6 is 12.4 Å². The summed E-state index contributed by atoms with van der Waals surface area (Å²) in [5.74, 6) is 0.0252. The third-order valence-corrected chi connectivity index (χ3v) is 3.48. The maximum atomic E-state index is 13.9. The summed E-state index contributed by atoms with van der Waals surface area (Å²) in [6, 6.07) is 8.87. The second kappa shape index (κ2) is 7.51. The predicted octanol–water partition coefficient (Wildman–Crippen LogP) is 3.33. The Balaban J connectivity index is 0.00000208. The van der Waals surface area contributed by atoms with Gasteiger partial charge in [-0.15, -0.1) is 12.4 Å². The number of nitrogens with zero attached hydrogens (tertiary/aromatic N) is 3. The van der Waals surface area contributed by atoms with Gasteiger partial charge in [0.2, 0.25) is 0 Å². The predicted molar refractivity (Wildman–Crippen MR) is 96.4 cm³/mol. The summed E-state index contributed by atoms with van der Waals surface area (Å²) in [7, 11) is 0. The molecule has 0 radical (unpaired) electrons. The van der Waals surface area contributed by atoms with E-state index in [1.807, 2.05) is 32.0 Å². The van der Waals surface area contributed by atoms with Gasteiger partial charge in [-0.2, -0.15) is 0 Å². The molecule has 0 unspecified atom stereocenters. The molecule has 24 heavy (non-hydrogen) atoms. The van der Waals surface area contributed by atoms with Crippen molar-refractivity contribution in [2.24, 2.45) is 0 Å². The van der Waals surface area contributed by atoms with E-state index in [0.717, 1.165) is 5.56 Å². The highest BCUT2D eigenvalue weighted by Crippen LogP contribution is 2.24. The number of anilines is 1. The number of aromatic nitrogens is 3. The first-order valence-electron chi connectivity index (χ1n) is 7.43. The molecule has 7 heteroatoms. The van der Waals surface area contributed by atoms with E-state index in [1.54, 1.807) is 0 Å². The summed E-state index contributed by atoms with van der Waals surface area (Å²) in [6.07, 6.45) is 1.40. The topological polar surface area (TPSA) is 76.7 Å². The van der Waals surface area contributed by atoms with Gasteiger partial charge in [0.25, 0.3) is 0 Å². The number of nitrogen functional groups attached to an aromatic ring is 1. The Hall–Kier alpha value is -2.31. The fourth-order valence-corrected chi connectivity index (χ4v) is 2.34. The molecule has 2 heterocycles. The molecule has 3 aromatic rings. The summed E-state index contributed by atoms with van der Waals surface area (Å²) in [5.41, 5.74) is 9.25. The maximum Gasteiger partial charge on any atom is 0.153 e. The summed E-state index contributed by atoms with van der Waals surface area (Å²) in [5, 5.41) is 3.28. The van der Waals surface area contributed by atoms with Crippen LogP contribution in [0.5, 0.6) is 0 Å². The quantitative estimate of drug-likeness (QED) is 0.757. The van der Waals surface area contributed by atoms with Crippen molar-refractivity contribution in [3.63, 3.8) is 0 Å². The van der Waals surface area contributed by atoms with Gasteiger partial charge in [-0.3, -0.25) is 0 Å². The van der Waals surface area contributed by atoms with Crippen molar-refractivity contribution < 1.29 is 4.39 Å². The zero-order valence-electron chi connectivity index (χ0n) is 13.5. The Labute approximate surface area is 145 Å². The van der Waals surface area contributed by atoms with Crippen molar-refractivity contribution in [3.8, 4) is 11.3 Å². The molecule has 1 aromatic carbocycles. The van der Waals surface area contributed by atoms with E-state index in [9.17, 15) is 4.39 Å². The molecule has 0 fully saturated rings. The normalized spacial score (nSPS) is 10.8. The third kappa shape index (κ3) is 3.96. The van der Waals surface area contributed by atoms with Gasteiger partial charge in [0.05, 0.1) is 11.2 Å². The molecule has 0 amide bonds. The Kier molecular flexibility index (Phi) is 5.64. The summed E-state index contributed by atoms with van der Waals surface area (Å²) < 4.78 is 13.9. The van der Waals surface area contributed by atoms with Crippen LogP contribution in [-0.4, -0.2) is 21.0 Å². The zero-order valence-corrected chi connectivity index (χ0v) is 14.3. The van der Waals surface area contributed by atoms with Crippen LogP contribution in [0.25, 0.3) is 22.3 Å². The molecule has 0 bridgehead atoms. The molecule has 2 aromatic heterocycles. The van der Waals surface area contributed by atoms with E-state index in [-0.39, 0.29) is 18.2 Å². The minimum atomic E-state index is -0.290. The number of rotatable bonds is 4. The lowest BCUT2D eigenvalue weighted by Crippen LogP contribution is -2.21.